The van der Waals surface area contributed by atoms with Gasteiger partial charge in [-0.05, 0) is 11.5 Å². The molecule has 0 aliphatic rings. The van der Waals surface area contributed by atoms with Gasteiger partial charge in [-0.3, -0.25) is 10.1 Å². The standard InChI is InChI=1S/C9H6F2N4O2S/c10-6-1-7(11)9(15(16)17)2-8(6)12-3-5-4-18-14-13-5/h1-2,4,12H,3H2. The Morgan fingerprint density at radius 2 is 2.17 bits per heavy atom. The number of benzene rings is 1. The molecule has 0 saturated carbocycles. The minimum Gasteiger partial charge on any atom is -0.377 e. The van der Waals surface area contributed by atoms with Crippen molar-refractivity contribution in [3.05, 3.63) is 45.0 Å². The largest absolute Gasteiger partial charge is 0.377 e. The molecule has 0 aliphatic carbocycles. The van der Waals surface area contributed by atoms with Gasteiger partial charge in [-0.15, -0.1) is 5.10 Å². The highest BCUT2D eigenvalue weighted by Gasteiger charge is 2.18. The van der Waals surface area contributed by atoms with Crippen LogP contribution in [0.3, 0.4) is 0 Å². The molecule has 2 rings (SSSR count). The summed E-state index contributed by atoms with van der Waals surface area (Å²) in [5, 5.41) is 18.5. The summed E-state index contributed by atoms with van der Waals surface area (Å²) in [6.45, 7) is 0.149. The maximum Gasteiger partial charge on any atom is 0.307 e. The van der Waals surface area contributed by atoms with Gasteiger partial charge in [0.15, 0.2) is 0 Å². The van der Waals surface area contributed by atoms with E-state index in [1.807, 2.05) is 0 Å². The lowest BCUT2D eigenvalue weighted by molar-refractivity contribution is -0.387. The Morgan fingerprint density at radius 3 is 2.78 bits per heavy atom. The monoisotopic (exact) mass is 272 g/mol. The molecule has 0 radical (unpaired) electrons. The number of aromatic nitrogens is 2. The molecule has 9 heteroatoms. The molecule has 94 valence electrons. The number of anilines is 1. The first-order valence-electron chi connectivity index (χ1n) is 4.71. The summed E-state index contributed by atoms with van der Waals surface area (Å²) >= 11 is 1.13. The van der Waals surface area contributed by atoms with E-state index in [-0.39, 0.29) is 12.2 Å². The summed E-state index contributed by atoms with van der Waals surface area (Å²) in [7, 11) is 0. The van der Waals surface area contributed by atoms with Crippen LogP contribution in [0, 0.1) is 21.7 Å². The van der Waals surface area contributed by atoms with Crippen LogP contribution >= 0.6 is 11.5 Å². The van der Waals surface area contributed by atoms with Crippen LogP contribution in [-0.4, -0.2) is 14.5 Å². The molecule has 0 amide bonds. The van der Waals surface area contributed by atoms with Crippen molar-refractivity contribution >= 4 is 22.9 Å². The molecule has 1 heterocycles. The smallest absolute Gasteiger partial charge is 0.307 e. The van der Waals surface area contributed by atoms with Crippen molar-refractivity contribution < 1.29 is 13.7 Å². The Morgan fingerprint density at radius 1 is 1.39 bits per heavy atom. The summed E-state index contributed by atoms with van der Waals surface area (Å²) in [6.07, 6.45) is 0. The number of nitrogens with one attached hydrogen (secondary N) is 1. The molecule has 2 aromatic rings. The fraction of sp³-hybridized carbons (Fsp3) is 0.111. The number of nitro groups is 1. The van der Waals surface area contributed by atoms with Crippen molar-refractivity contribution in [2.24, 2.45) is 0 Å². The van der Waals surface area contributed by atoms with Crippen LogP contribution in [0.4, 0.5) is 20.2 Å². The summed E-state index contributed by atoms with van der Waals surface area (Å²) in [5.41, 5.74) is -0.377. The van der Waals surface area contributed by atoms with Gasteiger partial charge in [0.05, 0.1) is 22.8 Å². The second-order valence-electron chi connectivity index (χ2n) is 3.29. The maximum absolute atomic E-state index is 13.4. The topological polar surface area (TPSA) is 81.0 Å². The molecule has 0 fully saturated rings. The minimum absolute atomic E-state index is 0.149. The number of rotatable bonds is 4. The van der Waals surface area contributed by atoms with Crippen molar-refractivity contribution in [3.8, 4) is 0 Å². The lowest BCUT2D eigenvalue weighted by Crippen LogP contribution is -2.04. The van der Waals surface area contributed by atoms with Gasteiger partial charge in [0, 0.05) is 17.5 Å². The second-order valence-corrected chi connectivity index (χ2v) is 3.90. The Labute approximate surface area is 104 Å². The van der Waals surface area contributed by atoms with E-state index in [9.17, 15) is 18.9 Å². The Balaban J connectivity index is 2.22. The lowest BCUT2D eigenvalue weighted by Gasteiger charge is -2.05. The number of nitrogens with zero attached hydrogens (tertiary/aromatic N) is 3. The van der Waals surface area contributed by atoms with Crippen LogP contribution < -0.4 is 5.32 Å². The quantitative estimate of drug-likeness (QED) is 0.682. The van der Waals surface area contributed by atoms with E-state index in [0.29, 0.717) is 11.8 Å². The molecule has 0 unspecified atom stereocenters. The molecule has 0 spiro atoms. The van der Waals surface area contributed by atoms with Gasteiger partial charge in [0.2, 0.25) is 5.82 Å². The normalized spacial score (nSPS) is 10.3. The van der Waals surface area contributed by atoms with Crippen LogP contribution in [0.25, 0.3) is 0 Å². The molecule has 0 aliphatic heterocycles. The average molecular weight is 272 g/mol. The highest BCUT2D eigenvalue weighted by atomic mass is 32.1. The highest BCUT2D eigenvalue weighted by Crippen LogP contribution is 2.25. The number of hydrogen-bond donors (Lipinski definition) is 1. The molecule has 0 bridgehead atoms. The zero-order chi connectivity index (χ0) is 13.1. The Hall–Kier alpha value is -2.16. The predicted octanol–water partition coefficient (Wildman–Crippen LogP) is 2.34. The third-order valence-corrected chi connectivity index (χ3v) is 2.65. The number of hydrogen-bond acceptors (Lipinski definition) is 6. The van der Waals surface area contributed by atoms with Gasteiger partial charge < -0.3 is 5.32 Å². The Kier molecular flexibility index (Phi) is 3.42. The van der Waals surface area contributed by atoms with E-state index in [0.717, 1.165) is 17.6 Å². The first-order valence-corrected chi connectivity index (χ1v) is 5.55. The highest BCUT2D eigenvalue weighted by molar-refractivity contribution is 7.03. The minimum atomic E-state index is -1.21. The molecule has 0 atom stereocenters. The third kappa shape index (κ3) is 2.56. The van der Waals surface area contributed by atoms with E-state index in [2.05, 4.69) is 14.9 Å². The van der Waals surface area contributed by atoms with Crippen LogP contribution in [0.5, 0.6) is 0 Å². The molecule has 1 aromatic carbocycles. The molecule has 1 aromatic heterocycles. The lowest BCUT2D eigenvalue weighted by atomic mass is 10.2. The maximum atomic E-state index is 13.4. The summed E-state index contributed by atoms with van der Waals surface area (Å²) in [4.78, 5) is 9.60. The van der Waals surface area contributed by atoms with Gasteiger partial charge >= 0.3 is 5.69 Å². The van der Waals surface area contributed by atoms with E-state index in [1.54, 1.807) is 5.38 Å². The van der Waals surface area contributed by atoms with Crippen LogP contribution in [0.15, 0.2) is 17.5 Å². The van der Waals surface area contributed by atoms with Crippen molar-refractivity contribution in [1.82, 2.24) is 9.59 Å². The summed E-state index contributed by atoms with van der Waals surface area (Å²) in [6, 6.07) is 1.28. The average Bonchev–Trinajstić information content (AvgIpc) is 2.80. The fourth-order valence-electron chi connectivity index (χ4n) is 1.26. The third-order valence-electron chi connectivity index (χ3n) is 2.10. The zero-order valence-corrected chi connectivity index (χ0v) is 9.58. The van der Waals surface area contributed by atoms with Gasteiger partial charge in [-0.1, -0.05) is 4.49 Å². The molecular weight excluding hydrogens is 266 g/mol. The van der Waals surface area contributed by atoms with E-state index in [1.165, 1.54) is 0 Å². The van der Waals surface area contributed by atoms with Crippen molar-refractivity contribution in [3.63, 3.8) is 0 Å². The van der Waals surface area contributed by atoms with Gasteiger partial charge in [-0.25, -0.2) is 4.39 Å². The number of nitro benzene ring substituents is 1. The second kappa shape index (κ2) is 5.00. The van der Waals surface area contributed by atoms with Crippen molar-refractivity contribution in [2.45, 2.75) is 6.54 Å². The SMILES string of the molecule is O=[N+]([O-])c1cc(NCc2csnn2)c(F)cc1F. The summed E-state index contributed by atoms with van der Waals surface area (Å²) in [5.74, 6) is -2.11. The molecular formula is C9H6F2N4O2S. The Bertz CT molecular complexity index is 576. The van der Waals surface area contributed by atoms with E-state index in [4.69, 9.17) is 0 Å². The van der Waals surface area contributed by atoms with Crippen LogP contribution in [0.1, 0.15) is 5.69 Å². The van der Waals surface area contributed by atoms with E-state index < -0.39 is 22.2 Å². The molecule has 6 nitrogen and oxygen atoms in total. The van der Waals surface area contributed by atoms with Crippen molar-refractivity contribution in [1.29, 1.82) is 0 Å². The molecule has 1 N–H and O–H groups in total. The van der Waals surface area contributed by atoms with Gasteiger partial charge in [-0.2, -0.15) is 4.39 Å². The van der Waals surface area contributed by atoms with Crippen LogP contribution in [-0.2, 0) is 6.54 Å². The first-order chi connectivity index (χ1) is 8.58. The number of halogens is 2. The van der Waals surface area contributed by atoms with Gasteiger partial charge in [0.1, 0.15) is 5.82 Å². The predicted molar refractivity (Wildman–Crippen MR) is 60.2 cm³/mol. The van der Waals surface area contributed by atoms with E-state index >= 15 is 0 Å². The van der Waals surface area contributed by atoms with Gasteiger partial charge in [0.25, 0.3) is 0 Å². The fourth-order valence-corrected chi connectivity index (χ4v) is 1.71. The molecule has 0 saturated heterocycles. The zero-order valence-electron chi connectivity index (χ0n) is 8.76. The van der Waals surface area contributed by atoms with Crippen LogP contribution in [0.2, 0.25) is 0 Å². The molecule has 18 heavy (non-hydrogen) atoms. The van der Waals surface area contributed by atoms with Crippen molar-refractivity contribution in [2.75, 3.05) is 5.32 Å². The summed E-state index contributed by atoms with van der Waals surface area (Å²) < 4.78 is 30.0. The first kappa shape index (κ1) is 12.3.